The van der Waals surface area contributed by atoms with Gasteiger partial charge in [0.05, 0.1) is 19.8 Å². The van der Waals surface area contributed by atoms with E-state index in [1.807, 2.05) is 12.1 Å². The maximum absolute atomic E-state index is 13.1. The number of hydrogen-bond donors (Lipinski definition) is 1. The molecule has 7 heteroatoms. The molecule has 2 fully saturated rings. The lowest BCUT2D eigenvalue weighted by atomic mass is 10.1. The number of anilines is 1. The fourth-order valence-corrected chi connectivity index (χ4v) is 3.96. The summed E-state index contributed by atoms with van der Waals surface area (Å²) in [7, 11) is 0. The Balaban J connectivity index is 1.29. The fourth-order valence-electron chi connectivity index (χ4n) is 3.96. The monoisotopic (exact) mass is 411 g/mol. The molecule has 0 atom stereocenters. The molecule has 2 aliphatic rings. The Morgan fingerprint density at radius 2 is 1.63 bits per heavy atom. The molecule has 0 unspecified atom stereocenters. The smallest absolute Gasteiger partial charge is 0.191 e. The summed E-state index contributed by atoms with van der Waals surface area (Å²) in [4.78, 5) is 11.4. The van der Waals surface area contributed by atoms with E-state index in [1.165, 1.54) is 23.3 Å². The molecule has 4 rings (SSSR count). The molecule has 2 N–H and O–H groups in total. The molecule has 160 valence electrons. The van der Waals surface area contributed by atoms with Gasteiger partial charge in [0.1, 0.15) is 5.82 Å². The van der Waals surface area contributed by atoms with Gasteiger partial charge in [0.25, 0.3) is 0 Å². The first kappa shape index (κ1) is 20.6. The highest BCUT2D eigenvalue weighted by atomic mass is 19.1. The minimum Gasteiger partial charge on any atom is -0.379 e. The standard InChI is InChI=1S/C23H30FN5O/c24-21-4-6-22(7-5-21)28-8-10-29(11-9-28)23(25)26-17-19-2-1-3-20(16-19)18-27-12-14-30-15-13-27/h1-7,16H,8-15,17-18H2,(H2,25,26). The van der Waals surface area contributed by atoms with Crippen LogP contribution in [0.1, 0.15) is 11.1 Å². The Morgan fingerprint density at radius 1 is 0.933 bits per heavy atom. The number of aliphatic imine (C=N–C) groups is 1. The number of ether oxygens (including phenoxy) is 1. The second-order valence-corrected chi connectivity index (χ2v) is 7.83. The average Bonchev–Trinajstić information content (AvgIpc) is 2.79. The molecule has 6 nitrogen and oxygen atoms in total. The van der Waals surface area contributed by atoms with E-state index < -0.39 is 0 Å². The molecule has 0 aromatic heterocycles. The number of rotatable bonds is 5. The zero-order valence-corrected chi connectivity index (χ0v) is 17.3. The first-order valence-electron chi connectivity index (χ1n) is 10.6. The Morgan fingerprint density at radius 3 is 2.37 bits per heavy atom. The minimum atomic E-state index is -0.206. The molecular formula is C23H30FN5O. The lowest BCUT2D eigenvalue weighted by Crippen LogP contribution is -2.51. The Hall–Kier alpha value is -2.64. The van der Waals surface area contributed by atoms with Crippen molar-refractivity contribution in [2.75, 3.05) is 57.4 Å². The van der Waals surface area contributed by atoms with Crippen molar-refractivity contribution in [1.82, 2.24) is 9.80 Å². The summed E-state index contributed by atoms with van der Waals surface area (Å²) < 4.78 is 18.5. The number of guanidine groups is 1. The van der Waals surface area contributed by atoms with E-state index >= 15 is 0 Å². The van der Waals surface area contributed by atoms with E-state index in [-0.39, 0.29) is 5.82 Å². The molecule has 2 aliphatic heterocycles. The van der Waals surface area contributed by atoms with Gasteiger partial charge < -0.3 is 20.3 Å². The number of morpholine rings is 1. The maximum atomic E-state index is 13.1. The van der Waals surface area contributed by atoms with Crippen LogP contribution in [0.5, 0.6) is 0 Å². The van der Waals surface area contributed by atoms with Gasteiger partial charge in [-0.2, -0.15) is 0 Å². The molecule has 0 aliphatic carbocycles. The Bertz CT molecular complexity index is 843. The van der Waals surface area contributed by atoms with E-state index in [4.69, 9.17) is 10.5 Å². The predicted molar refractivity (Wildman–Crippen MR) is 118 cm³/mol. The van der Waals surface area contributed by atoms with Gasteiger partial charge in [-0.25, -0.2) is 9.38 Å². The third-order valence-corrected chi connectivity index (χ3v) is 5.72. The third kappa shape index (κ3) is 5.49. The minimum absolute atomic E-state index is 0.206. The van der Waals surface area contributed by atoms with Gasteiger partial charge in [-0.05, 0) is 35.4 Å². The van der Waals surface area contributed by atoms with Gasteiger partial charge in [-0.1, -0.05) is 24.3 Å². The fraction of sp³-hybridized carbons (Fsp3) is 0.435. The van der Waals surface area contributed by atoms with Crippen molar-refractivity contribution in [3.05, 3.63) is 65.5 Å². The van der Waals surface area contributed by atoms with E-state index in [0.29, 0.717) is 12.5 Å². The summed E-state index contributed by atoms with van der Waals surface area (Å²) in [6.07, 6.45) is 0. The molecule has 30 heavy (non-hydrogen) atoms. The zero-order chi connectivity index (χ0) is 20.8. The number of piperazine rings is 1. The van der Waals surface area contributed by atoms with Crippen molar-refractivity contribution in [2.24, 2.45) is 10.7 Å². The van der Waals surface area contributed by atoms with Crippen LogP contribution in [-0.4, -0.2) is 68.2 Å². The van der Waals surface area contributed by atoms with E-state index in [0.717, 1.165) is 64.7 Å². The quantitative estimate of drug-likeness (QED) is 0.604. The van der Waals surface area contributed by atoms with Gasteiger partial charge >= 0.3 is 0 Å². The second kappa shape index (κ2) is 9.91. The Kier molecular flexibility index (Phi) is 6.81. The largest absolute Gasteiger partial charge is 0.379 e. The molecule has 2 aromatic rings. The molecule has 2 heterocycles. The predicted octanol–water partition coefficient (Wildman–Crippen LogP) is 2.29. The van der Waals surface area contributed by atoms with Crippen LogP contribution in [0.15, 0.2) is 53.5 Å². The highest BCUT2D eigenvalue weighted by Crippen LogP contribution is 2.17. The number of hydrogen-bond acceptors (Lipinski definition) is 4. The van der Waals surface area contributed by atoms with Gasteiger partial charge in [0, 0.05) is 51.5 Å². The maximum Gasteiger partial charge on any atom is 0.191 e. The van der Waals surface area contributed by atoms with Crippen LogP contribution in [0.25, 0.3) is 0 Å². The van der Waals surface area contributed by atoms with Gasteiger partial charge in [-0.3, -0.25) is 4.90 Å². The summed E-state index contributed by atoms with van der Waals surface area (Å²) >= 11 is 0. The zero-order valence-electron chi connectivity index (χ0n) is 17.3. The number of nitrogens with zero attached hydrogens (tertiary/aromatic N) is 4. The summed E-state index contributed by atoms with van der Waals surface area (Å²) in [6, 6.07) is 15.2. The summed E-state index contributed by atoms with van der Waals surface area (Å²) in [6.45, 7) is 8.44. The lowest BCUT2D eigenvalue weighted by Gasteiger charge is -2.36. The molecule has 0 saturated carbocycles. The van der Waals surface area contributed by atoms with Crippen LogP contribution >= 0.6 is 0 Å². The van der Waals surface area contributed by atoms with Crippen LogP contribution < -0.4 is 10.6 Å². The molecule has 0 radical (unpaired) electrons. The van der Waals surface area contributed by atoms with E-state index in [1.54, 1.807) is 0 Å². The highest BCUT2D eigenvalue weighted by Gasteiger charge is 2.18. The first-order chi connectivity index (χ1) is 14.7. The van der Waals surface area contributed by atoms with Crippen molar-refractivity contribution in [1.29, 1.82) is 0 Å². The number of halogens is 1. The van der Waals surface area contributed by atoms with Gasteiger partial charge in [-0.15, -0.1) is 0 Å². The van der Waals surface area contributed by atoms with Crippen LogP contribution in [-0.2, 0) is 17.8 Å². The highest BCUT2D eigenvalue weighted by molar-refractivity contribution is 5.78. The molecular weight excluding hydrogens is 381 g/mol. The van der Waals surface area contributed by atoms with Crippen LogP contribution in [0.2, 0.25) is 0 Å². The number of benzene rings is 2. The van der Waals surface area contributed by atoms with E-state index in [9.17, 15) is 4.39 Å². The molecule has 0 bridgehead atoms. The van der Waals surface area contributed by atoms with Gasteiger partial charge in [0.15, 0.2) is 5.96 Å². The van der Waals surface area contributed by atoms with Crippen molar-refractivity contribution >= 4 is 11.6 Å². The van der Waals surface area contributed by atoms with Gasteiger partial charge in [0.2, 0.25) is 0 Å². The molecule has 2 aromatic carbocycles. The SMILES string of the molecule is NC(=NCc1cccc(CN2CCOCC2)c1)N1CCN(c2ccc(F)cc2)CC1. The lowest BCUT2D eigenvalue weighted by molar-refractivity contribution is 0.0342. The van der Waals surface area contributed by atoms with Crippen LogP contribution in [0.4, 0.5) is 10.1 Å². The summed E-state index contributed by atoms with van der Waals surface area (Å²) in [5.41, 5.74) is 9.80. The van der Waals surface area contributed by atoms with Crippen molar-refractivity contribution in [3.63, 3.8) is 0 Å². The van der Waals surface area contributed by atoms with E-state index in [2.05, 4.69) is 44.0 Å². The normalized spacial score (nSPS) is 18.6. The Labute approximate surface area is 177 Å². The molecule has 2 saturated heterocycles. The van der Waals surface area contributed by atoms with Crippen molar-refractivity contribution < 1.29 is 9.13 Å². The molecule has 0 amide bonds. The van der Waals surface area contributed by atoms with Crippen molar-refractivity contribution in [2.45, 2.75) is 13.1 Å². The van der Waals surface area contributed by atoms with Crippen LogP contribution in [0.3, 0.4) is 0 Å². The average molecular weight is 412 g/mol. The summed E-state index contributed by atoms with van der Waals surface area (Å²) in [5.74, 6) is 0.384. The first-order valence-corrected chi connectivity index (χ1v) is 10.6. The molecule has 0 spiro atoms. The summed E-state index contributed by atoms with van der Waals surface area (Å²) in [5, 5.41) is 0. The van der Waals surface area contributed by atoms with Crippen LogP contribution in [0, 0.1) is 5.82 Å². The number of nitrogens with two attached hydrogens (primary N) is 1. The second-order valence-electron chi connectivity index (χ2n) is 7.83. The van der Waals surface area contributed by atoms with Crippen molar-refractivity contribution in [3.8, 4) is 0 Å². The third-order valence-electron chi connectivity index (χ3n) is 5.72. The topological polar surface area (TPSA) is 57.3 Å².